The highest BCUT2D eigenvalue weighted by molar-refractivity contribution is 8.00. The van der Waals surface area contributed by atoms with Crippen LogP contribution in [0.5, 0.6) is 0 Å². The van der Waals surface area contributed by atoms with Crippen LogP contribution in [0.25, 0.3) is 0 Å². The fraction of sp³-hybridized carbons (Fsp3) is 0.500. The lowest BCUT2D eigenvalue weighted by atomic mass is 10.1. The van der Waals surface area contributed by atoms with Crippen LogP contribution in [-0.4, -0.2) is 34.4 Å². The molecule has 1 aromatic carbocycles. The molecule has 2 N–H and O–H groups in total. The van der Waals surface area contributed by atoms with Crippen molar-refractivity contribution in [3.8, 4) is 0 Å². The molecule has 21 heavy (non-hydrogen) atoms. The van der Waals surface area contributed by atoms with Gasteiger partial charge >= 0.3 is 6.18 Å². The highest BCUT2D eigenvalue weighted by atomic mass is 32.2. The number of rotatable bonds is 1. The first-order valence-corrected chi connectivity index (χ1v) is 7.49. The van der Waals surface area contributed by atoms with Gasteiger partial charge < -0.3 is 10.6 Å². The molecule has 0 aromatic heterocycles. The van der Waals surface area contributed by atoms with Gasteiger partial charge in [-0.05, 0) is 32.0 Å². The summed E-state index contributed by atoms with van der Waals surface area (Å²) < 4.78 is 38.2. The molecule has 1 aliphatic rings. The smallest absolute Gasteiger partial charge is 0.398 e. The average molecular weight is 318 g/mol. The fourth-order valence-corrected chi connectivity index (χ4v) is 3.39. The summed E-state index contributed by atoms with van der Waals surface area (Å²) >= 11 is 1.74. The van der Waals surface area contributed by atoms with Crippen LogP contribution in [0.2, 0.25) is 0 Å². The third kappa shape index (κ3) is 3.64. The number of anilines is 1. The molecule has 0 spiro atoms. The van der Waals surface area contributed by atoms with Crippen LogP contribution >= 0.6 is 11.8 Å². The molecule has 116 valence electrons. The number of carbonyl (C=O) groups is 1. The predicted molar refractivity (Wildman–Crippen MR) is 78.3 cm³/mol. The molecule has 0 atom stereocenters. The Balaban J connectivity index is 2.30. The van der Waals surface area contributed by atoms with Crippen molar-refractivity contribution in [3.63, 3.8) is 0 Å². The van der Waals surface area contributed by atoms with Gasteiger partial charge in [-0.3, -0.25) is 4.79 Å². The van der Waals surface area contributed by atoms with Crippen molar-refractivity contribution in [2.75, 3.05) is 24.6 Å². The number of benzene rings is 1. The minimum Gasteiger partial charge on any atom is -0.398 e. The topological polar surface area (TPSA) is 46.3 Å². The molecule has 1 aliphatic heterocycles. The third-order valence-electron chi connectivity index (χ3n) is 3.32. The van der Waals surface area contributed by atoms with Crippen LogP contribution in [0.15, 0.2) is 18.2 Å². The molecule has 0 saturated carbocycles. The molecule has 3 nitrogen and oxygen atoms in total. The zero-order valence-corrected chi connectivity index (χ0v) is 12.6. The summed E-state index contributed by atoms with van der Waals surface area (Å²) in [5.41, 5.74) is 4.83. The van der Waals surface area contributed by atoms with Crippen LogP contribution in [0, 0.1) is 0 Å². The quantitative estimate of drug-likeness (QED) is 0.809. The minimum absolute atomic E-state index is 0.0732. The number of hydrogen-bond acceptors (Lipinski definition) is 3. The Morgan fingerprint density at radius 1 is 1.38 bits per heavy atom. The standard InChI is InChI=1S/C14H17F3N2OS/c1-13(2)8-19(5-6-21-13)12(20)10-7-9(14(15,16)17)3-4-11(10)18/h3-4,7H,5-6,8,18H2,1-2H3. The molecule has 0 aliphatic carbocycles. The number of hydrogen-bond donors (Lipinski definition) is 1. The molecular formula is C14H17F3N2OS. The Labute approximate surface area is 125 Å². The predicted octanol–water partition coefficient (Wildman–Crippen LogP) is 3.26. The normalized spacial score (nSPS) is 18.6. The lowest BCUT2D eigenvalue weighted by Crippen LogP contribution is -2.46. The van der Waals surface area contributed by atoms with Crippen molar-refractivity contribution in [1.29, 1.82) is 0 Å². The van der Waals surface area contributed by atoms with Gasteiger partial charge in [0.25, 0.3) is 5.91 Å². The Kier molecular flexibility index (Phi) is 4.15. The summed E-state index contributed by atoms with van der Waals surface area (Å²) in [5.74, 6) is 0.324. The Bertz CT molecular complexity index is 558. The second-order valence-corrected chi connectivity index (χ2v) is 7.44. The molecule has 7 heteroatoms. The van der Waals surface area contributed by atoms with E-state index in [4.69, 9.17) is 5.73 Å². The van der Waals surface area contributed by atoms with Gasteiger partial charge in [0.05, 0.1) is 11.1 Å². The SMILES string of the molecule is CC1(C)CN(C(=O)c2cc(C(F)(F)F)ccc2N)CCS1. The number of halogens is 3. The van der Waals surface area contributed by atoms with Crippen molar-refractivity contribution < 1.29 is 18.0 Å². The molecule has 0 unspecified atom stereocenters. The average Bonchev–Trinajstić information content (AvgIpc) is 2.36. The van der Waals surface area contributed by atoms with Crippen molar-refractivity contribution in [2.45, 2.75) is 24.8 Å². The first kappa shape index (κ1) is 16.0. The molecule has 1 amide bonds. The van der Waals surface area contributed by atoms with Crippen LogP contribution in [0.1, 0.15) is 29.8 Å². The Morgan fingerprint density at radius 2 is 2.05 bits per heavy atom. The number of thioether (sulfide) groups is 1. The molecule has 2 rings (SSSR count). The Hall–Kier alpha value is -1.37. The van der Waals surface area contributed by atoms with E-state index in [2.05, 4.69) is 0 Å². The minimum atomic E-state index is -4.49. The zero-order valence-electron chi connectivity index (χ0n) is 11.8. The van der Waals surface area contributed by atoms with E-state index in [1.807, 2.05) is 13.8 Å². The molecule has 1 saturated heterocycles. The van der Waals surface area contributed by atoms with Crippen molar-refractivity contribution in [1.82, 2.24) is 4.90 Å². The lowest BCUT2D eigenvalue weighted by molar-refractivity contribution is -0.137. The summed E-state index contributed by atoms with van der Waals surface area (Å²) in [6, 6.07) is 2.87. The van der Waals surface area contributed by atoms with Gasteiger partial charge in [-0.15, -0.1) is 0 Å². The van der Waals surface area contributed by atoms with E-state index in [0.717, 1.165) is 24.0 Å². The summed E-state index contributed by atoms with van der Waals surface area (Å²) in [6.07, 6.45) is -4.49. The summed E-state index contributed by atoms with van der Waals surface area (Å²) in [7, 11) is 0. The van der Waals surface area contributed by atoms with Crippen molar-refractivity contribution in [2.24, 2.45) is 0 Å². The number of nitrogen functional groups attached to an aromatic ring is 1. The van der Waals surface area contributed by atoms with Crippen molar-refractivity contribution in [3.05, 3.63) is 29.3 Å². The van der Waals surface area contributed by atoms with Gasteiger partial charge in [0.15, 0.2) is 0 Å². The van der Waals surface area contributed by atoms with E-state index >= 15 is 0 Å². The molecule has 1 heterocycles. The van der Waals surface area contributed by atoms with E-state index in [9.17, 15) is 18.0 Å². The maximum absolute atomic E-state index is 12.8. The fourth-order valence-electron chi connectivity index (χ4n) is 2.28. The van der Waals surface area contributed by atoms with Gasteiger partial charge in [0.1, 0.15) is 0 Å². The highest BCUT2D eigenvalue weighted by Crippen LogP contribution is 2.33. The molecule has 0 radical (unpaired) electrons. The highest BCUT2D eigenvalue weighted by Gasteiger charge is 2.34. The molecule has 0 bridgehead atoms. The van der Waals surface area contributed by atoms with E-state index < -0.39 is 17.6 Å². The molecule has 1 fully saturated rings. The van der Waals surface area contributed by atoms with Gasteiger partial charge in [-0.2, -0.15) is 24.9 Å². The third-order valence-corrected chi connectivity index (χ3v) is 4.62. The van der Waals surface area contributed by atoms with E-state index in [-0.39, 0.29) is 16.0 Å². The monoisotopic (exact) mass is 318 g/mol. The van der Waals surface area contributed by atoms with Crippen molar-refractivity contribution >= 4 is 23.4 Å². The number of nitrogens with two attached hydrogens (primary N) is 1. The maximum atomic E-state index is 12.8. The number of amides is 1. The van der Waals surface area contributed by atoms with Crippen LogP contribution in [0.3, 0.4) is 0 Å². The van der Waals surface area contributed by atoms with Gasteiger partial charge in [0, 0.05) is 29.3 Å². The molecular weight excluding hydrogens is 301 g/mol. The second kappa shape index (κ2) is 5.44. The number of alkyl halides is 3. The van der Waals surface area contributed by atoms with E-state index in [1.54, 1.807) is 16.7 Å². The van der Waals surface area contributed by atoms with Gasteiger partial charge in [-0.25, -0.2) is 0 Å². The van der Waals surface area contributed by atoms with Crippen LogP contribution in [-0.2, 0) is 6.18 Å². The van der Waals surface area contributed by atoms with E-state index in [0.29, 0.717) is 13.1 Å². The van der Waals surface area contributed by atoms with Crippen LogP contribution < -0.4 is 5.73 Å². The van der Waals surface area contributed by atoms with E-state index in [1.165, 1.54) is 0 Å². The second-order valence-electron chi connectivity index (χ2n) is 5.63. The maximum Gasteiger partial charge on any atom is 0.416 e. The summed E-state index contributed by atoms with van der Waals surface area (Å²) in [6.45, 7) is 5.02. The van der Waals surface area contributed by atoms with Gasteiger partial charge in [0.2, 0.25) is 0 Å². The first-order valence-electron chi connectivity index (χ1n) is 6.50. The largest absolute Gasteiger partial charge is 0.416 e. The number of nitrogens with zero attached hydrogens (tertiary/aromatic N) is 1. The van der Waals surface area contributed by atoms with Gasteiger partial charge in [-0.1, -0.05) is 0 Å². The molecule has 1 aromatic rings. The lowest BCUT2D eigenvalue weighted by Gasteiger charge is -2.37. The first-order chi connectivity index (χ1) is 9.60. The zero-order chi connectivity index (χ0) is 15.8. The van der Waals surface area contributed by atoms with Crippen LogP contribution in [0.4, 0.5) is 18.9 Å². The number of carbonyl (C=O) groups excluding carboxylic acids is 1. The Morgan fingerprint density at radius 3 is 2.62 bits per heavy atom. The summed E-state index contributed by atoms with van der Waals surface area (Å²) in [5, 5.41) is 0. The summed E-state index contributed by atoms with van der Waals surface area (Å²) in [4.78, 5) is 14.0.